The Kier molecular flexibility index (Phi) is 10.1. The van der Waals surface area contributed by atoms with Crippen LogP contribution in [0, 0.1) is 12.8 Å². The topological polar surface area (TPSA) is 150 Å². The molecule has 4 unspecified atom stereocenters. The van der Waals surface area contributed by atoms with Gasteiger partial charge in [-0.25, -0.2) is 0 Å². The molecule has 0 aromatic carbocycles. The van der Waals surface area contributed by atoms with Crippen LogP contribution in [0.2, 0.25) is 0 Å². The summed E-state index contributed by atoms with van der Waals surface area (Å²) in [6.45, 7) is 13.6. The molecular formula is C34H44N4O6. The molecule has 1 fully saturated rings. The van der Waals surface area contributed by atoms with E-state index in [4.69, 9.17) is 9.73 Å². The molecule has 10 nitrogen and oxygen atoms in total. The number of carbonyl (C=O) groups is 4. The molecule has 236 valence electrons. The highest BCUT2D eigenvalue weighted by Crippen LogP contribution is 2.34. The van der Waals surface area contributed by atoms with E-state index in [1.165, 1.54) is 7.11 Å². The van der Waals surface area contributed by atoms with Crippen LogP contribution < -0.4 is 10.6 Å². The van der Waals surface area contributed by atoms with Crippen LogP contribution in [-0.4, -0.2) is 64.8 Å². The Hall–Kier alpha value is -4.21. The first-order valence-electron chi connectivity index (χ1n) is 15.2. The molecule has 1 aromatic heterocycles. The third-order valence-corrected chi connectivity index (χ3v) is 9.47. The van der Waals surface area contributed by atoms with Gasteiger partial charge in [0.25, 0.3) is 5.91 Å². The third kappa shape index (κ3) is 6.64. The highest BCUT2D eigenvalue weighted by molar-refractivity contribution is 6.04. The smallest absolute Gasteiger partial charge is 0.305 e. The van der Waals surface area contributed by atoms with Gasteiger partial charge in [0.15, 0.2) is 0 Å². The predicted octanol–water partition coefficient (Wildman–Crippen LogP) is 3.99. The van der Waals surface area contributed by atoms with Crippen molar-refractivity contribution in [2.24, 2.45) is 10.9 Å². The molecular weight excluding hydrogens is 560 g/mol. The van der Waals surface area contributed by atoms with E-state index >= 15 is 0 Å². The number of nitrogens with one attached hydrogen (secondary N) is 3. The van der Waals surface area contributed by atoms with Crippen molar-refractivity contribution in [2.75, 3.05) is 7.11 Å². The van der Waals surface area contributed by atoms with Crippen molar-refractivity contribution in [3.05, 3.63) is 69.1 Å². The van der Waals surface area contributed by atoms with Crippen molar-refractivity contribution in [1.82, 2.24) is 15.6 Å². The highest BCUT2D eigenvalue weighted by Gasteiger charge is 2.36. The number of esters is 1. The fourth-order valence-electron chi connectivity index (χ4n) is 6.79. The molecule has 2 amide bonds. The molecule has 0 aliphatic carbocycles. The molecule has 44 heavy (non-hydrogen) atoms. The second-order valence-corrected chi connectivity index (χ2v) is 11.9. The van der Waals surface area contributed by atoms with Gasteiger partial charge in [0.05, 0.1) is 31.2 Å². The van der Waals surface area contributed by atoms with Crippen molar-refractivity contribution < 1.29 is 29.0 Å². The van der Waals surface area contributed by atoms with E-state index in [0.717, 1.165) is 50.5 Å². The third-order valence-electron chi connectivity index (χ3n) is 9.47. The van der Waals surface area contributed by atoms with Crippen LogP contribution in [-0.2, 0) is 43.2 Å². The second kappa shape index (κ2) is 13.6. The second-order valence-electron chi connectivity index (χ2n) is 11.9. The number of ether oxygens (including phenoxy) is 1. The standard InChI is InChI=1S/C34H44N4O6/c1-8-21-20(6)33(42)38-28(21)15-26-18(4)23(10-12-31(39)40)29(36-26)16-30-24(11-13-32(41)44-7)19(5)25(35-30)14-27-17(3)22(9-2)34(43)37-27/h8-9,20,27-29,35H,2,10-16H2,1,3-7H3,(H,37,43)(H,38,42)(H,39,40)/b21-8-. The van der Waals surface area contributed by atoms with E-state index in [2.05, 4.69) is 22.2 Å². The SMILES string of the molecule is C=CC1=C(C)C(Cc2[nH]c(CC3N=C(CC4NC(=O)C(C)/C4=C/C)C(C)=C3CCC(=O)O)c(CCC(=O)OC)c2C)NC1=O. The zero-order valence-corrected chi connectivity index (χ0v) is 26.6. The molecule has 4 N–H and O–H groups in total. The first kappa shape index (κ1) is 32.7. The molecule has 10 heteroatoms. The van der Waals surface area contributed by atoms with Gasteiger partial charge in [0, 0.05) is 54.8 Å². The lowest BCUT2D eigenvalue weighted by atomic mass is 9.91. The molecule has 4 rings (SSSR count). The van der Waals surface area contributed by atoms with Gasteiger partial charge in [-0.3, -0.25) is 24.2 Å². The number of carboxylic acids is 1. The number of nitrogens with zero attached hydrogens (tertiary/aromatic N) is 1. The van der Waals surface area contributed by atoms with Crippen molar-refractivity contribution in [2.45, 2.75) is 97.7 Å². The zero-order chi connectivity index (χ0) is 32.3. The predicted molar refractivity (Wildman–Crippen MR) is 168 cm³/mol. The number of methoxy groups -OCH3 is 1. The average Bonchev–Trinajstić information content (AvgIpc) is 3.63. The molecule has 0 radical (unpaired) electrons. The van der Waals surface area contributed by atoms with E-state index < -0.39 is 5.97 Å². The fourth-order valence-corrected chi connectivity index (χ4v) is 6.79. The van der Waals surface area contributed by atoms with Crippen molar-refractivity contribution >= 4 is 29.5 Å². The zero-order valence-electron chi connectivity index (χ0n) is 26.6. The monoisotopic (exact) mass is 604 g/mol. The largest absolute Gasteiger partial charge is 0.481 e. The lowest BCUT2D eigenvalue weighted by Crippen LogP contribution is -2.30. The van der Waals surface area contributed by atoms with Gasteiger partial charge in [0.1, 0.15) is 0 Å². The maximum Gasteiger partial charge on any atom is 0.305 e. The number of H-pyrrole nitrogens is 1. The van der Waals surface area contributed by atoms with E-state index in [1.54, 1.807) is 6.08 Å². The van der Waals surface area contributed by atoms with Gasteiger partial charge in [-0.05, 0) is 80.9 Å². The minimum absolute atomic E-state index is 0.000589. The van der Waals surface area contributed by atoms with Crippen LogP contribution in [0.25, 0.3) is 0 Å². The summed E-state index contributed by atoms with van der Waals surface area (Å²) in [5, 5.41) is 15.6. The fraction of sp³-hybridized carbons (Fsp3) is 0.500. The number of hydrogen-bond acceptors (Lipinski definition) is 6. The first-order valence-corrected chi connectivity index (χ1v) is 15.2. The van der Waals surface area contributed by atoms with Gasteiger partial charge in [0.2, 0.25) is 5.91 Å². The Morgan fingerprint density at radius 1 is 1.02 bits per heavy atom. The summed E-state index contributed by atoms with van der Waals surface area (Å²) in [5.74, 6) is -1.50. The van der Waals surface area contributed by atoms with E-state index in [9.17, 15) is 24.3 Å². The molecule has 3 aliphatic heterocycles. The van der Waals surface area contributed by atoms with Gasteiger partial charge < -0.3 is 25.5 Å². The number of allylic oxidation sites excluding steroid dienone is 2. The quantitative estimate of drug-likeness (QED) is 0.198. The number of rotatable bonds is 13. The first-order chi connectivity index (χ1) is 20.9. The number of aromatic amines is 1. The van der Waals surface area contributed by atoms with Gasteiger partial charge in [-0.2, -0.15) is 0 Å². The van der Waals surface area contributed by atoms with E-state index in [1.807, 2.05) is 40.7 Å². The van der Waals surface area contributed by atoms with Crippen molar-refractivity contribution in [1.29, 1.82) is 0 Å². The number of amides is 2. The lowest BCUT2D eigenvalue weighted by Gasteiger charge is -2.14. The molecule has 4 atom stereocenters. The summed E-state index contributed by atoms with van der Waals surface area (Å²) in [6.07, 6.45) is 6.22. The van der Waals surface area contributed by atoms with Gasteiger partial charge >= 0.3 is 11.9 Å². The maximum atomic E-state index is 12.4. The number of aliphatic imine (C=N–C) groups is 1. The summed E-state index contributed by atoms with van der Waals surface area (Å²) in [4.78, 5) is 57.3. The minimum atomic E-state index is -0.872. The van der Waals surface area contributed by atoms with Gasteiger partial charge in [-0.15, -0.1) is 0 Å². The van der Waals surface area contributed by atoms with Crippen LogP contribution in [0.3, 0.4) is 0 Å². The van der Waals surface area contributed by atoms with Crippen molar-refractivity contribution in [3.63, 3.8) is 0 Å². The van der Waals surface area contributed by atoms with Crippen molar-refractivity contribution in [3.8, 4) is 0 Å². The number of aliphatic carboxylic acids is 1. The van der Waals surface area contributed by atoms with Crippen LogP contribution in [0.5, 0.6) is 0 Å². The van der Waals surface area contributed by atoms with E-state index in [-0.39, 0.29) is 54.7 Å². The maximum absolute atomic E-state index is 12.4. The van der Waals surface area contributed by atoms with Gasteiger partial charge in [-0.1, -0.05) is 18.7 Å². The summed E-state index contributed by atoms with van der Waals surface area (Å²) in [6, 6.07) is -0.608. The number of carbonyl (C=O) groups excluding carboxylic acids is 3. The number of aromatic nitrogens is 1. The minimum Gasteiger partial charge on any atom is -0.481 e. The Morgan fingerprint density at radius 3 is 2.36 bits per heavy atom. The Labute approximate surface area is 258 Å². The molecule has 3 aliphatic rings. The summed E-state index contributed by atoms with van der Waals surface area (Å²) >= 11 is 0. The molecule has 1 aromatic rings. The van der Waals surface area contributed by atoms with Crippen LogP contribution in [0.1, 0.15) is 75.9 Å². The normalized spacial score (nSPS) is 24.2. The Morgan fingerprint density at radius 2 is 1.75 bits per heavy atom. The molecule has 4 heterocycles. The Balaban J connectivity index is 1.67. The summed E-state index contributed by atoms with van der Waals surface area (Å²) < 4.78 is 4.91. The molecule has 0 bridgehead atoms. The summed E-state index contributed by atoms with van der Waals surface area (Å²) in [7, 11) is 1.37. The lowest BCUT2D eigenvalue weighted by molar-refractivity contribution is -0.140. The highest BCUT2D eigenvalue weighted by atomic mass is 16.5. The van der Waals surface area contributed by atoms with Crippen LogP contribution in [0.4, 0.5) is 0 Å². The summed E-state index contributed by atoms with van der Waals surface area (Å²) in [5.41, 5.74) is 9.33. The molecule has 0 spiro atoms. The van der Waals surface area contributed by atoms with Crippen LogP contribution in [0.15, 0.2) is 51.6 Å². The van der Waals surface area contributed by atoms with E-state index in [0.29, 0.717) is 37.7 Å². The van der Waals surface area contributed by atoms with Crippen LogP contribution >= 0.6 is 0 Å². The Bertz CT molecular complexity index is 1510. The average molecular weight is 605 g/mol. The number of carboxylic acid groups (broad SMARTS) is 1. The molecule has 1 saturated heterocycles. The molecule has 0 saturated carbocycles. The number of hydrogen-bond donors (Lipinski definition) is 4.